The largest absolute Gasteiger partial charge is 0.396 e. The molecule has 1 N–H and O–H groups in total. The Morgan fingerprint density at radius 1 is 0.704 bits per heavy atom. The number of fused-ring (bicyclic) bond motifs is 4. The molecule has 8 rings (SSSR count). The molecule has 2 aliphatic carbocycles. The second-order valence-corrected chi connectivity index (χ2v) is 16.4. The standard InChI is InChI=1S/C23H27ClN2O.C23H25ClN2O/c2*1-26-11-8-16(9-12-26)22-20-7-6-19(24)15-18(20)14-17(4-3-13-27)21-5-2-10-25-23(21)22/h2,5-7,10,14-16,22,27H,3-4,8-9,11-13H2,1H3;2,5-7,10,13-16,22H,3-4,8-9,11-12H2,1H3. The highest BCUT2D eigenvalue weighted by Gasteiger charge is 2.35. The number of benzene rings is 2. The third-order valence-corrected chi connectivity index (χ3v) is 12.5. The second-order valence-electron chi connectivity index (χ2n) is 15.5. The Kier molecular flexibility index (Phi) is 12.8. The number of aliphatic hydroxyl groups is 1. The molecule has 54 heavy (non-hydrogen) atoms. The summed E-state index contributed by atoms with van der Waals surface area (Å²) in [5.74, 6) is 1.71. The Morgan fingerprint density at radius 3 is 1.61 bits per heavy atom. The zero-order valence-electron chi connectivity index (χ0n) is 31.6. The monoisotopic (exact) mass is 762 g/mol. The van der Waals surface area contributed by atoms with E-state index in [0.29, 0.717) is 24.2 Å². The highest BCUT2D eigenvalue weighted by Crippen LogP contribution is 2.47. The maximum Gasteiger partial charge on any atom is 0.120 e. The molecule has 4 aliphatic rings. The Morgan fingerprint density at radius 2 is 1.17 bits per heavy atom. The zero-order chi connectivity index (χ0) is 37.6. The number of likely N-dealkylation sites (tertiary alicyclic amines) is 2. The van der Waals surface area contributed by atoms with Gasteiger partial charge in [-0.25, -0.2) is 0 Å². The van der Waals surface area contributed by atoms with Crippen molar-refractivity contribution in [3.63, 3.8) is 0 Å². The van der Waals surface area contributed by atoms with Crippen LogP contribution in [-0.2, 0) is 4.79 Å². The predicted molar refractivity (Wildman–Crippen MR) is 223 cm³/mol. The van der Waals surface area contributed by atoms with Gasteiger partial charge in [-0.3, -0.25) is 9.97 Å². The average molecular weight is 764 g/mol. The van der Waals surface area contributed by atoms with E-state index in [1.807, 2.05) is 36.7 Å². The summed E-state index contributed by atoms with van der Waals surface area (Å²) in [7, 11) is 4.40. The zero-order valence-corrected chi connectivity index (χ0v) is 33.1. The van der Waals surface area contributed by atoms with Crippen molar-refractivity contribution < 1.29 is 9.90 Å². The van der Waals surface area contributed by atoms with Gasteiger partial charge in [0.2, 0.25) is 0 Å². The lowest BCUT2D eigenvalue weighted by Crippen LogP contribution is -2.33. The number of halogens is 2. The fourth-order valence-corrected chi connectivity index (χ4v) is 9.54. The van der Waals surface area contributed by atoms with E-state index in [1.54, 1.807) is 0 Å². The normalized spacial score (nSPS) is 20.5. The summed E-state index contributed by atoms with van der Waals surface area (Å²) in [6.07, 6.45) is 16.9. The van der Waals surface area contributed by atoms with Crippen LogP contribution in [0.1, 0.15) is 108 Å². The van der Waals surface area contributed by atoms with Crippen molar-refractivity contribution in [3.05, 3.63) is 128 Å². The Hall–Kier alpha value is -3.65. The van der Waals surface area contributed by atoms with E-state index in [-0.39, 0.29) is 12.5 Å². The van der Waals surface area contributed by atoms with Crippen molar-refractivity contribution in [1.29, 1.82) is 0 Å². The molecule has 0 radical (unpaired) electrons. The minimum Gasteiger partial charge on any atom is -0.396 e. The van der Waals surface area contributed by atoms with Crippen molar-refractivity contribution in [2.45, 2.75) is 63.2 Å². The van der Waals surface area contributed by atoms with Crippen LogP contribution in [0.2, 0.25) is 10.0 Å². The highest BCUT2D eigenvalue weighted by atomic mass is 35.5. The molecule has 4 heterocycles. The molecular weight excluding hydrogens is 711 g/mol. The SMILES string of the molecule is CN1CCC(C2c3ccc(Cl)cc3C=C(CCC=O)c3cccnc32)CC1.CN1CCC(C2c3ccc(Cl)cc3C=C(CCCO)c3cccnc32)CC1. The lowest BCUT2D eigenvalue weighted by Gasteiger charge is -2.35. The van der Waals surface area contributed by atoms with Crippen molar-refractivity contribution >= 4 is 52.8 Å². The Balaban J connectivity index is 0.000000167. The van der Waals surface area contributed by atoms with Crippen LogP contribution in [0.15, 0.2) is 73.1 Å². The summed E-state index contributed by atoms with van der Waals surface area (Å²) >= 11 is 12.7. The number of allylic oxidation sites excluding steroid dienone is 2. The first kappa shape index (κ1) is 38.6. The quantitative estimate of drug-likeness (QED) is 0.180. The molecule has 0 amide bonds. The van der Waals surface area contributed by atoms with Crippen LogP contribution in [0.25, 0.3) is 23.3 Å². The van der Waals surface area contributed by atoms with Gasteiger partial charge in [-0.2, -0.15) is 0 Å². The van der Waals surface area contributed by atoms with E-state index >= 15 is 0 Å². The Labute approximate surface area is 330 Å². The molecule has 2 unspecified atom stereocenters. The van der Waals surface area contributed by atoms with Crippen LogP contribution < -0.4 is 0 Å². The van der Waals surface area contributed by atoms with Crippen LogP contribution in [0, 0.1) is 11.8 Å². The summed E-state index contributed by atoms with van der Waals surface area (Å²) < 4.78 is 0. The van der Waals surface area contributed by atoms with E-state index in [4.69, 9.17) is 33.2 Å². The molecule has 282 valence electrons. The number of carbonyl (C=O) groups is 1. The van der Waals surface area contributed by atoms with E-state index in [9.17, 15) is 9.90 Å². The third-order valence-electron chi connectivity index (χ3n) is 12.0. The van der Waals surface area contributed by atoms with Gasteiger partial charge in [-0.1, -0.05) is 59.6 Å². The molecule has 0 spiro atoms. The number of piperidine rings is 2. The third kappa shape index (κ3) is 8.59. The molecule has 2 fully saturated rings. The van der Waals surface area contributed by atoms with Gasteiger partial charge in [0.25, 0.3) is 0 Å². The van der Waals surface area contributed by atoms with Crippen molar-refractivity contribution in [1.82, 2.24) is 19.8 Å². The molecule has 2 atom stereocenters. The maximum atomic E-state index is 11.0. The van der Waals surface area contributed by atoms with Gasteiger partial charge >= 0.3 is 0 Å². The molecule has 8 heteroatoms. The molecule has 0 bridgehead atoms. The van der Waals surface area contributed by atoms with Gasteiger partial charge in [0, 0.05) is 47.3 Å². The average Bonchev–Trinajstić information content (AvgIpc) is 3.41. The van der Waals surface area contributed by atoms with Crippen molar-refractivity contribution in [2.24, 2.45) is 11.8 Å². The number of carbonyl (C=O) groups excluding carboxylic acids is 1. The van der Waals surface area contributed by atoms with Crippen LogP contribution >= 0.6 is 23.2 Å². The maximum absolute atomic E-state index is 11.0. The summed E-state index contributed by atoms with van der Waals surface area (Å²) in [5, 5.41) is 10.9. The van der Waals surface area contributed by atoms with Gasteiger partial charge in [0.05, 0.1) is 11.4 Å². The molecule has 0 saturated carbocycles. The Bertz CT molecular complexity index is 1990. The van der Waals surface area contributed by atoms with Crippen molar-refractivity contribution in [2.75, 3.05) is 46.9 Å². The number of hydrogen-bond donors (Lipinski definition) is 1. The van der Waals surface area contributed by atoms with Crippen LogP contribution in [0.5, 0.6) is 0 Å². The van der Waals surface area contributed by atoms with Gasteiger partial charge in [0.15, 0.2) is 0 Å². The summed E-state index contributed by atoms with van der Waals surface area (Å²) in [6, 6.07) is 20.9. The lowest BCUT2D eigenvalue weighted by molar-refractivity contribution is -0.107. The molecule has 4 aromatic rings. The first-order valence-electron chi connectivity index (χ1n) is 19.7. The van der Waals surface area contributed by atoms with E-state index in [1.165, 1.54) is 75.9 Å². The summed E-state index contributed by atoms with van der Waals surface area (Å²) in [6.45, 7) is 4.72. The van der Waals surface area contributed by atoms with E-state index in [2.05, 4.69) is 72.4 Å². The number of aldehydes is 1. The minimum absolute atomic E-state index is 0.202. The van der Waals surface area contributed by atoms with Crippen LogP contribution in [-0.4, -0.2) is 78.0 Å². The highest BCUT2D eigenvalue weighted by molar-refractivity contribution is 6.31. The van der Waals surface area contributed by atoms with Gasteiger partial charge in [0.1, 0.15) is 6.29 Å². The summed E-state index contributed by atoms with van der Waals surface area (Å²) in [5.41, 5.74) is 12.3. The number of rotatable bonds is 8. The number of pyridine rings is 2. The van der Waals surface area contributed by atoms with E-state index in [0.717, 1.165) is 67.5 Å². The first-order valence-corrected chi connectivity index (χ1v) is 20.4. The molecule has 6 nitrogen and oxygen atoms in total. The lowest BCUT2D eigenvalue weighted by atomic mass is 9.76. The molecule has 2 saturated heterocycles. The molecule has 2 aliphatic heterocycles. The van der Waals surface area contributed by atoms with Crippen LogP contribution in [0.3, 0.4) is 0 Å². The van der Waals surface area contributed by atoms with Gasteiger partial charge in [-0.05, 0) is 178 Å². The smallest absolute Gasteiger partial charge is 0.120 e. The van der Waals surface area contributed by atoms with Gasteiger partial charge in [-0.15, -0.1) is 0 Å². The van der Waals surface area contributed by atoms with E-state index < -0.39 is 0 Å². The fourth-order valence-electron chi connectivity index (χ4n) is 9.18. The topological polar surface area (TPSA) is 69.6 Å². The molecule has 2 aromatic carbocycles. The number of hydrogen-bond acceptors (Lipinski definition) is 6. The number of nitrogens with zero attached hydrogens (tertiary/aromatic N) is 4. The summed E-state index contributed by atoms with van der Waals surface area (Å²) in [4.78, 5) is 25.6. The van der Waals surface area contributed by atoms with Crippen LogP contribution in [0.4, 0.5) is 0 Å². The molecule has 2 aromatic heterocycles. The number of aromatic nitrogens is 2. The minimum atomic E-state index is 0.202. The number of aliphatic hydroxyl groups excluding tert-OH is 1. The predicted octanol–water partition coefficient (Wildman–Crippen LogP) is 9.88. The fraction of sp³-hybridized carbons (Fsp3) is 0.413. The second kappa shape index (κ2) is 17.9. The molecular formula is C46H52Cl2N4O2. The van der Waals surface area contributed by atoms with Gasteiger partial charge < -0.3 is 19.7 Å². The van der Waals surface area contributed by atoms with Crippen molar-refractivity contribution in [3.8, 4) is 0 Å². The first-order chi connectivity index (χ1) is 26.3.